The Hall–Kier alpha value is -2.03. The molecule has 2 aliphatic rings. The van der Waals surface area contributed by atoms with Gasteiger partial charge in [-0.25, -0.2) is 9.97 Å². The molecule has 1 N–H and O–H groups in total. The van der Waals surface area contributed by atoms with Crippen LogP contribution in [0.1, 0.15) is 60.2 Å². The van der Waals surface area contributed by atoms with Crippen molar-refractivity contribution in [2.24, 2.45) is 5.92 Å². The van der Waals surface area contributed by atoms with E-state index in [4.69, 9.17) is 14.5 Å². The van der Waals surface area contributed by atoms with Crippen LogP contribution in [0.15, 0.2) is 18.3 Å². The summed E-state index contributed by atoms with van der Waals surface area (Å²) in [6.45, 7) is 7.79. The fourth-order valence-electron chi connectivity index (χ4n) is 5.07. The number of amides is 1. The van der Waals surface area contributed by atoms with Crippen molar-refractivity contribution in [2.75, 3.05) is 33.4 Å². The van der Waals surface area contributed by atoms with Crippen molar-refractivity contribution >= 4 is 17.2 Å². The topological polar surface area (TPSA) is 76.6 Å². The van der Waals surface area contributed by atoms with Crippen LogP contribution in [0.2, 0.25) is 0 Å². The number of methoxy groups -OCH3 is 1. The van der Waals surface area contributed by atoms with Crippen LogP contribution in [0, 0.1) is 12.8 Å². The number of carbonyl (C=O) groups is 1. The maximum absolute atomic E-state index is 12.4. The molecule has 1 fully saturated rings. The summed E-state index contributed by atoms with van der Waals surface area (Å²) >= 11 is 1.61. The lowest BCUT2D eigenvalue weighted by atomic mass is 9.84. The highest BCUT2D eigenvalue weighted by molar-refractivity contribution is 7.11. The first-order valence-electron chi connectivity index (χ1n) is 13.1. The van der Waals surface area contributed by atoms with E-state index < -0.39 is 0 Å². The lowest BCUT2D eigenvalue weighted by molar-refractivity contribution is -0.121. The molecule has 0 bridgehead atoms. The molecule has 0 saturated heterocycles. The minimum absolute atomic E-state index is 0.0607. The van der Waals surface area contributed by atoms with Crippen LogP contribution in [0.3, 0.4) is 0 Å². The Labute approximate surface area is 213 Å². The van der Waals surface area contributed by atoms with Gasteiger partial charge in [-0.1, -0.05) is 6.07 Å². The van der Waals surface area contributed by atoms with E-state index in [-0.39, 0.29) is 12.0 Å². The number of hydrogen-bond acceptors (Lipinski definition) is 7. The van der Waals surface area contributed by atoms with Gasteiger partial charge in [-0.2, -0.15) is 0 Å². The summed E-state index contributed by atoms with van der Waals surface area (Å²) in [6.07, 6.45) is 10.2. The van der Waals surface area contributed by atoms with Gasteiger partial charge in [-0.3, -0.25) is 4.79 Å². The molecular weight excluding hydrogens is 460 g/mol. The van der Waals surface area contributed by atoms with Gasteiger partial charge >= 0.3 is 0 Å². The first kappa shape index (κ1) is 26.0. The molecule has 1 aliphatic carbocycles. The Morgan fingerprint density at radius 1 is 1.23 bits per heavy atom. The second-order valence-corrected chi connectivity index (χ2v) is 11.4. The molecule has 35 heavy (non-hydrogen) atoms. The third kappa shape index (κ3) is 7.98. The molecule has 1 saturated carbocycles. The molecule has 1 atom stereocenters. The molecule has 0 radical (unpaired) electrons. The summed E-state index contributed by atoms with van der Waals surface area (Å²) in [5.74, 6) is 1.60. The van der Waals surface area contributed by atoms with E-state index in [1.54, 1.807) is 18.4 Å². The third-order valence-corrected chi connectivity index (χ3v) is 8.26. The quantitative estimate of drug-likeness (QED) is 0.532. The normalized spacial score (nSPS) is 21.7. The molecule has 192 valence electrons. The van der Waals surface area contributed by atoms with Crippen LogP contribution < -0.4 is 10.1 Å². The Balaban J connectivity index is 1.15. The van der Waals surface area contributed by atoms with Gasteiger partial charge in [0, 0.05) is 55.5 Å². The molecule has 2 aromatic heterocycles. The van der Waals surface area contributed by atoms with E-state index in [1.807, 2.05) is 26.1 Å². The largest absolute Gasteiger partial charge is 0.475 e. The summed E-state index contributed by atoms with van der Waals surface area (Å²) in [5.41, 5.74) is 2.53. The van der Waals surface area contributed by atoms with Crippen LogP contribution in [0.5, 0.6) is 5.88 Å². The van der Waals surface area contributed by atoms with Crippen molar-refractivity contribution in [1.82, 2.24) is 20.2 Å². The van der Waals surface area contributed by atoms with E-state index in [2.05, 4.69) is 21.3 Å². The molecule has 4 rings (SSSR count). The molecule has 1 aliphatic heterocycles. The number of pyridine rings is 1. The number of nitrogens with zero attached hydrogens (tertiary/aromatic N) is 3. The first-order chi connectivity index (χ1) is 17.0. The van der Waals surface area contributed by atoms with Crippen LogP contribution in [-0.4, -0.2) is 66.3 Å². The Morgan fingerprint density at radius 3 is 2.77 bits per heavy atom. The number of ether oxygens (including phenoxy) is 2. The predicted molar refractivity (Wildman–Crippen MR) is 139 cm³/mol. The number of thiazole rings is 1. The zero-order valence-electron chi connectivity index (χ0n) is 21.4. The summed E-state index contributed by atoms with van der Waals surface area (Å²) in [7, 11) is 1.70. The summed E-state index contributed by atoms with van der Waals surface area (Å²) in [4.78, 5) is 25.0. The highest BCUT2D eigenvalue weighted by Gasteiger charge is 2.24. The highest BCUT2D eigenvalue weighted by atomic mass is 32.1. The fourth-order valence-corrected chi connectivity index (χ4v) is 5.86. The van der Waals surface area contributed by atoms with E-state index in [0.29, 0.717) is 24.9 Å². The molecule has 8 heteroatoms. The van der Waals surface area contributed by atoms with Gasteiger partial charge in [0.05, 0.1) is 17.5 Å². The number of aryl methyl sites for hydroxylation is 1. The number of nitrogens with one attached hydrogen (secondary N) is 1. The van der Waals surface area contributed by atoms with Gasteiger partial charge in [0.25, 0.3) is 0 Å². The molecule has 2 aromatic rings. The van der Waals surface area contributed by atoms with Gasteiger partial charge in [0.2, 0.25) is 11.8 Å². The number of rotatable bonds is 10. The van der Waals surface area contributed by atoms with Gasteiger partial charge in [0.1, 0.15) is 6.61 Å². The monoisotopic (exact) mass is 500 g/mol. The number of aromatic nitrogens is 2. The Morgan fingerprint density at radius 2 is 2.03 bits per heavy atom. The van der Waals surface area contributed by atoms with E-state index in [9.17, 15) is 4.79 Å². The summed E-state index contributed by atoms with van der Waals surface area (Å²) < 4.78 is 11.1. The second kappa shape index (κ2) is 12.8. The van der Waals surface area contributed by atoms with E-state index in [0.717, 1.165) is 61.1 Å². The van der Waals surface area contributed by atoms with Gasteiger partial charge < -0.3 is 19.7 Å². The number of carbonyl (C=O) groups excluding carboxylic acids is 1. The smallest absolute Gasteiger partial charge is 0.225 e. The van der Waals surface area contributed by atoms with Gasteiger partial charge in [0.15, 0.2) is 0 Å². The molecule has 7 nitrogen and oxygen atoms in total. The number of hydrogen-bond donors (Lipinski definition) is 1. The van der Waals surface area contributed by atoms with Crippen LogP contribution in [0.4, 0.5) is 0 Å². The minimum Gasteiger partial charge on any atom is -0.475 e. The van der Waals surface area contributed by atoms with Crippen LogP contribution >= 0.6 is 11.3 Å². The molecule has 0 aromatic carbocycles. The van der Waals surface area contributed by atoms with Crippen molar-refractivity contribution in [1.29, 1.82) is 0 Å². The van der Waals surface area contributed by atoms with Gasteiger partial charge in [-0.15, -0.1) is 11.3 Å². The van der Waals surface area contributed by atoms with Crippen LogP contribution in [0.25, 0.3) is 0 Å². The molecule has 1 amide bonds. The van der Waals surface area contributed by atoms with Crippen molar-refractivity contribution in [3.8, 4) is 5.88 Å². The average molecular weight is 501 g/mol. The molecule has 1 unspecified atom stereocenters. The lowest BCUT2D eigenvalue weighted by Crippen LogP contribution is -2.38. The summed E-state index contributed by atoms with van der Waals surface area (Å²) in [6, 6.07) is 4.51. The predicted octanol–water partition coefficient (Wildman–Crippen LogP) is 3.97. The third-order valence-electron chi connectivity index (χ3n) is 7.34. The van der Waals surface area contributed by atoms with Crippen molar-refractivity contribution in [3.63, 3.8) is 0 Å². The second-order valence-electron chi connectivity index (χ2n) is 10.1. The fraction of sp³-hybridized carbons (Fsp3) is 0.667. The maximum Gasteiger partial charge on any atom is 0.225 e. The maximum atomic E-state index is 12.4. The lowest BCUT2D eigenvalue weighted by Gasteiger charge is -2.30. The minimum atomic E-state index is 0.0607. The molecule has 0 spiro atoms. The zero-order chi connectivity index (χ0) is 24.6. The average Bonchev–Trinajstić information content (AvgIpc) is 3.15. The zero-order valence-corrected chi connectivity index (χ0v) is 22.2. The first-order valence-corrected chi connectivity index (χ1v) is 13.9. The van der Waals surface area contributed by atoms with E-state index in [1.165, 1.54) is 30.5 Å². The van der Waals surface area contributed by atoms with Gasteiger partial charge in [-0.05, 0) is 70.4 Å². The van der Waals surface area contributed by atoms with Crippen molar-refractivity contribution < 1.29 is 14.3 Å². The summed E-state index contributed by atoms with van der Waals surface area (Å²) in [5, 5.41) is 4.27. The molecule has 3 heterocycles. The van der Waals surface area contributed by atoms with E-state index >= 15 is 0 Å². The van der Waals surface area contributed by atoms with Crippen LogP contribution in [-0.2, 0) is 28.8 Å². The number of fused-ring (bicyclic) bond motifs is 1. The highest BCUT2D eigenvalue weighted by Crippen LogP contribution is 2.28. The van der Waals surface area contributed by atoms with Crippen molar-refractivity contribution in [2.45, 2.75) is 77.4 Å². The Kier molecular flexibility index (Phi) is 9.52. The standard InChI is InChI=1S/C27H40N4O3S/c1-19(33-3)18-34-27-9-6-22-11-14-31(15-12-25(22)30-27)13-10-21-4-7-23(8-5-21)29-26(32)16-24-17-28-20(2)35-24/h6,9,17,19,21,23H,4-5,7-8,10-16,18H2,1-3H3,(H,29,32). The van der Waals surface area contributed by atoms with Crippen molar-refractivity contribution in [3.05, 3.63) is 39.5 Å². The molecular formula is C27H40N4O3S. The Bertz CT molecular complexity index is 958. The SMILES string of the molecule is COC(C)COc1ccc2c(n1)CCN(CCC1CCC(NC(=O)Cc3cnc(C)s3)CC1)CC2.